The van der Waals surface area contributed by atoms with Crippen LogP contribution < -0.4 is 36.5 Å². The molecule has 370 valence electrons. The molecule has 10 nitrogen and oxygen atoms in total. The van der Waals surface area contributed by atoms with Crippen molar-refractivity contribution in [1.82, 2.24) is 10.6 Å². The number of guanidine groups is 1. The average Bonchev–Trinajstić information content (AvgIpc) is 3.74. The van der Waals surface area contributed by atoms with Crippen LogP contribution in [0, 0.1) is 0 Å². The van der Waals surface area contributed by atoms with E-state index in [1.807, 2.05) is 0 Å². The molecule has 0 radical (unpaired) electrons. The molecule has 0 amide bonds. The van der Waals surface area contributed by atoms with Gasteiger partial charge in [-0.2, -0.15) is 0 Å². The lowest BCUT2D eigenvalue weighted by Gasteiger charge is -2.44. The number of carboxylic acid groups (broad SMARTS) is 1. The summed E-state index contributed by atoms with van der Waals surface area (Å²) in [6.45, 7) is 19.2. The maximum atomic E-state index is 13.6. The molecule has 0 aromatic heterocycles. The largest absolute Gasteiger partial charge is 0.550 e. The Balaban J connectivity index is 0.00000188. The minimum atomic E-state index is -2.73. The van der Waals surface area contributed by atoms with E-state index in [1.54, 1.807) is 0 Å². The maximum absolute atomic E-state index is 13.6. The first kappa shape index (κ1) is 53.2. The molecule has 4 aromatic carbocycles. The number of nitrogens with one attached hydrogen (secondary N) is 2. The van der Waals surface area contributed by atoms with Gasteiger partial charge in [-0.05, 0) is 83.2 Å². The second-order valence-corrected chi connectivity index (χ2v) is 29.5. The lowest BCUT2D eigenvalue weighted by Crippen LogP contribution is -2.67. The first-order valence-corrected chi connectivity index (χ1v) is 28.8. The molecule has 3 aliphatic rings. The molecule has 0 aliphatic carbocycles. The molecule has 3 aliphatic heterocycles. The van der Waals surface area contributed by atoms with E-state index in [0.717, 1.165) is 50.7 Å². The van der Waals surface area contributed by atoms with Gasteiger partial charge >= 0.3 is 11.9 Å². The zero-order valence-electron chi connectivity index (χ0n) is 42.7. The zero-order valence-corrected chi connectivity index (χ0v) is 44.7. The van der Waals surface area contributed by atoms with Crippen molar-refractivity contribution in [2.24, 2.45) is 0 Å². The third-order valence-corrected chi connectivity index (χ3v) is 24.3. The van der Waals surface area contributed by atoms with Crippen LogP contribution in [0.4, 0.5) is 0 Å². The van der Waals surface area contributed by atoms with Gasteiger partial charge in [-0.15, -0.1) is 0 Å². The lowest BCUT2D eigenvalue weighted by molar-refractivity contribution is -0.585. The van der Waals surface area contributed by atoms with Crippen LogP contribution >= 0.6 is 0 Å². The van der Waals surface area contributed by atoms with Gasteiger partial charge in [0.15, 0.2) is 5.72 Å². The van der Waals surface area contributed by atoms with Gasteiger partial charge in [0.05, 0.1) is 25.0 Å². The normalized spacial score (nSPS) is 20.3. The van der Waals surface area contributed by atoms with Gasteiger partial charge < -0.3 is 28.6 Å². The third-order valence-electron chi connectivity index (χ3n) is 14.1. The smallest absolute Gasteiger partial charge is 0.353 e. The average molecular weight is 972 g/mol. The Morgan fingerprint density at radius 1 is 0.812 bits per heavy atom. The number of carbonyl (C=O) groups is 2. The molecule has 1 unspecified atom stereocenters. The highest BCUT2D eigenvalue weighted by atomic mass is 28.4. The van der Waals surface area contributed by atoms with Crippen molar-refractivity contribution in [1.29, 1.82) is 0 Å². The second-order valence-electron chi connectivity index (χ2n) is 21.0. The second kappa shape index (κ2) is 22.8. The van der Waals surface area contributed by atoms with Crippen LogP contribution in [0.2, 0.25) is 10.1 Å². The summed E-state index contributed by atoms with van der Waals surface area (Å²) in [6.07, 6.45) is 10.9. The summed E-state index contributed by atoms with van der Waals surface area (Å²) in [7, 11) is -3.97. The molecule has 3 N–H and O–H groups in total. The van der Waals surface area contributed by atoms with Crippen molar-refractivity contribution in [2.75, 3.05) is 7.11 Å². The van der Waals surface area contributed by atoms with Gasteiger partial charge in [0.2, 0.25) is 0 Å². The number of benzene rings is 4. The number of aliphatic carboxylic acids is 1. The van der Waals surface area contributed by atoms with Crippen molar-refractivity contribution in [2.45, 2.75) is 160 Å². The molecule has 12 heteroatoms. The molecule has 0 saturated carbocycles. The highest BCUT2D eigenvalue weighted by Crippen LogP contribution is 2.41. The molecule has 69 heavy (non-hydrogen) atoms. The van der Waals surface area contributed by atoms with Gasteiger partial charge in [0, 0.05) is 31.3 Å². The minimum absolute atomic E-state index is 0.0281. The summed E-state index contributed by atoms with van der Waals surface area (Å²) in [6, 6.07) is 43.2. The lowest BCUT2D eigenvalue weighted by atomic mass is 9.95. The molecule has 4 aromatic rings. The Bertz CT molecular complexity index is 2330. The summed E-state index contributed by atoms with van der Waals surface area (Å²) in [5.74, 6) is -0.582. The monoisotopic (exact) mass is 972 g/mol. The van der Waals surface area contributed by atoms with Gasteiger partial charge in [-0.3, -0.25) is 4.58 Å². The van der Waals surface area contributed by atoms with Crippen LogP contribution in [-0.2, 0) is 23.2 Å². The van der Waals surface area contributed by atoms with Crippen molar-refractivity contribution >= 4 is 55.3 Å². The highest BCUT2D eigenvalue weighted by Gasteiger charge is 2.54. The number of methoxy groups -OCH3 is 1. The van der Waals surface area contributed by atoms with Gasteiger partial charge in [0.1, 0.15) is 11.6 Å². The molecular weight excluding hydrogens is 895 g/mol. The molecule has 7 rings (SSSR count). The fraction of sp³-hybridized carbons (Fsp3) is 0.456. The van der Waals surface area contributed by atoms with Crippen LogP contribution in [0.1, 0.15) is 120 Å². The zero-order chi connectivity index (χ0) is 50.0. The van der Waals surface area contributed by atoms with E-state index in [2.05, 4.69) is 204 Å². The molecule has 0 spiro atoms. The van der Waals surface area contributed by atoms with E-state index < -0.39 is 28.3 Å². The summed E-state index contributed by atoms with van der Waals surface area (Å²) in [4.78, 5) is 22.5. The predicted octanol–water partition coefficient (Wildman–Crippen LogP) is 7.18. The summed E-state index contributed by atoms with van der Waals surface area (Å²) in [5.41, 5.74) is 0.463. The van der Waals surface area contributed by atoms with Crippen molar-refractivity contribution < 1.29 is 38.0 Å². The van der Waals surface area contributed by atoms with Crippen LogP contribution in [0.25, 0.3) is 0 Å². The Hall–Kier alpha value is -5.12. The summed E-state index contributed by atoms with van der Waals surface area (Å²) in [5, 5.41) is 33.2. The van der Waals surface area contributed by atoms with Gasteiger partial charge in [-0.25, -0.2) is 15.4 Å². The SMILES string of the molecule is CC(=O)[O-].CC[C@@H](/C=C\CCC1(O)C[C@@H]2CC[C@@H]3C(C(=O)OC)=C(CCC[C@@H](C)O[Si](c4ccccc4)(c4ccccc4)C(C)(C)C)NC(=[N+]23)N1)O[Si](c1ccccc1)(c1ccccc1)C(C)(C)C. The fourth-order valence-electron chi connectivity index (χ4n) is 11.0. The van der Waals surface area contributed by atoms with E-state index >= 15 is 0 Å². The maximum Gasteiger partial charge on any atom is 0.353 e. The molecule has 1 fully saturated rings. The van der Waals surface area contributed by atoms with Gasteiger partial charge in [0.25, 0.3) is 16.6 Å². The van der Waals surface area contributed by atoms with Crippen LogP contribution in [-0.4, -0.2) is 81.3 Å². The number of esters is 1. The molecule has 1 saturated heterocycles. The number of nitrogens with zero attached hydrogens (tertiary/aromatic N) is 1. The third kappa shape index (κ3) is 11.9. The quantitative estimate of drug-likeness (QED) is 0.0411. The number of allylic oxidation sites excluding steroid dienone is 2. The van der Waals surface area contributed by atoms with E-state index in [0.29, 0.717) is 31.3 Å². The standard InChI is InChI=1S/C55H73N3O5Si2.C2H4O2/c1-10-43(63-65(54(6,7)8,46-32-19-13-20-33-46)47-34-21-14-22-35-47)27-23-24-39-55(60)40-42-37-38-49-50(51(59)61-9)48(56-52(57-55)58(42)49)36-25-26-41(2)62-64(53(3,4)5,44-28-15-11-16-29-44)45-30-17-12-18-31-45;1-2(3)4/h11-23,27-35,41-43,49,60H,10,24-26,36-40H2,1-9H3,(H,56,57,59);1H3,(H,3,4)/b27-23-;/t41-,42+,43+,49-,55?;/m1./s1. The minimum Gasteiger partial charge on any atom is -0.550 e. The number of hydrogen-bond donors (Lipinski definition) is 3. The van der Waals surface area contributed by atoms with Crippen molar-refractivity contribution in [3.63, 3.8) is 0 Å². The Morgan fingerprint density at radius 2 is 1.28 bits per heavy atom. The van der Waals surface area contributed by atoms with Crippen LogP contribution in [0.15, 0.2) is 145 Å². The number of carbonyl (C=O) groups excluding carboxylic acids is 2. The van der Waals surface area contributed by atoms with Crippen LogP contribution in [0.3, 0.4) is 0 Å². The molecular formula is C57H77N3O7Si2. The van der Waals surface area contributed by atoms with Crippen molar-refractivity contribution in [3.8, 4) is 0 Å². The van der Waals surface area contributed by atoms with E-state index in [1.165, 1.54) is 27.9 Å². The Morgan fingerprint density at radius 3 is 1.71 bits per heavy atom. The number of rotatable bonds is 18. The Kier molecular flexibility index (Phi) is 17.6. The topological polar surface area (TPSA) is 132 Å². The molecule has 3 heterocycles. The van der Waals surface area contributed by atoms with Gasteiger partial charge in [-0.1, -0.05) is 182 Å². The van der Waals surface area contributed by atoms with E-state index in [9.17, 15) is 9.90 Å². The molecule has 5 atom stereocenters. The Labute approximate surface area is 414 Å². The summed E-state index contributed by atoms with van der Waals surface area (Å²) < 4.78 is 22.6. The first-order valence-electron chi connectivity index (χ1n) is 25.0. The number of hydrogen-bond acceptors (Lipinski definition) is 9. The van der Waals surface area contributed by atoms with Crippen molar-refractivity contribution in [3.05, 3.63) is 145 Å². The van der Waals surface area contributed by atoms with E-state index in [4.69, 9.17) is 23.5 Å². The molecule has 0 bridgehead atoms. The highest BCUT2D eigenvalue weighted by molar-refractivity contribution is 7.00. The number of carboxylic acids is 1. The first-order chi connectivity index (χ1) is 32.8. The summed E-state index contributed by atoms with van der Waals surface area (Å²) >= 11 is 0. The number of ether oxygens (including phenoxy) is 1. The predicted molar refractivity (Wildman–Crippen MR) is 281 cm³/mol. The van der Waals surface area contributed by atoms with Crippen LogP contribution in [0.5, 0.6) is 0 Å². The number of aliphatic hydroxyl groups is 1. The van der Waals surface area contributed by atoms with E-state index in [-0.39, 0.29) is 40.3 Å². The fourth-order valence-corrected chi connectivity index (χ4v) is 20.5.